The van der Waals surface area contributed by atoms with Gasteiger partial charge in [0, 0.05) is 25.8 Å². The van der Waals surface area contributed by atoms with Crippen LogP contribution >= 0.6 is 0 Å². The number of rotatable bonds is 3. The number of carbonyl (C=O) groups is 2. The standard InChI is InChI=1S/C20H26N4O2/c1-3-16-13-21-20(26)17-7-4-5-8-18(17)24(14-16)19(25)15-23-10-6-9-22(2)11-12-23/h3-5,7-8,14H,1,6,9-13,15H2,2H3,(H,21,26)/b16-14-. The van der Waals surface area contributed by atoms with E-state index in [1.807, 2.05) is 18.2 Å². The quantitative estimate of drug-likeness (QED) is 0.893. The molecular weight excluding hydrogens is 328 g/mol. The molecule has 0 atom stereocenters. The molecule has 0 bridgehead atoms. The number of nitrogens with zero attached hydrogens (tertiary/aromatic N) is 3. The van der Waals surface area contributed by atoms with Gasteiger partial charge < -0.3 is 10.2 Å². The second kappa shape index (κ2) is 8.29. The van der Waals surface area contributed by atoms with Crippen molar-refractivity contribution in [1.29, 1.82) is 0 Å². The summed E-state index contributed by atoms with van der Waals surface area (Å²) in [5.41, 5.74) is 1.92. The van der Waals surface area contributed by atoms with E-state index in [1.54, 1.807) is 23.2 Å². The summed E-state index contributed by atoms with van der Waals surface area (Å²) < 4.78 is 0. The molecule has 2 amide bonds. The van der Waals surface area contributed by atoms with Crippen molar-refractivity contribution < 1.29 is 9.59 Å². The first kappa shape index (κ1) is 18.4. The minimum absolute atomic E-state index is 0.0314. The van der Waals surface area contributed by atoms with Gasteiger partial charge in [-0.2, -0.15) is 0 Å². The Labute approximate surface area is 154 Å². The summed E-state index contributed by atoms with van der Waals surface area (Å²) in [6.07, 6.45) is 4.52. The Kier molecular flexibility index (Phi) is 5.85. The lowest BCUT2D eigenvalue weighted by molar-refractivity contribution is -0.119. The molecule has 0 radical (unpaired) electrons. The highest BCUT2D eigenvalue weighted by Gasteiger charge is 2.24. The number of likely N-dealkylation sites (N-methyl/N-ethyl adjacent to an activating group) is 1. The van der Waals surface area contributed by atoms with Gasteiger partial charge >= 0.3 is 0 Å². The summed E-state index contributed by atoms with van der Waals surface area (Å²) in [5, 5.41) is 2.86. The van der Waals surface area contributed by atoms with Crippen LogP contribution in [0, 0.1) is 0 Å². The van der Waals surface area contributed by atoms with Crippen molar-refractivity contribution in [2.24, 2.45) is 0 Å². The van der Waals surface area contributed by atoms with Gasteiger partial charge in [0.05, 0.1) is 17.8 Å². The second-order valence-electron chi connectivity index (χ2n) is 6.80. The first-order valence-electron chi connectivity index (χ1n) is 9.02. The van der Waals surface area contributed by atoms with Crippen LogP contribution in [0.3, 0.4) is 0 Å². The van der Waals surface area contributed by atoms with Crippen LogP contribution in [-0.2, 0) is 4.79 Å². The second-order valence-corrected chi connectivity index (χ2v) is 6.80. The molecule has 1 aromatic carbocycles. The zero-order chi connectivity index (χ0) is 18.5. The fourth-order valence-electron chi connectivity index (χ4n) is 3.29. The van der Waals surface area contributed by atoms with Crippen molar-refractivity contribution in [3.8, 4) is 0 Å². The molecule has 138 valence electrons. The predicted molar refractivity (Wildman–Crippen MR) is 103 cm³/mol. The van der Waals surface area contributed by atoms with Gasteiger partial charge in [-0.3, -0.25) is 19.4 Å². The molecule has 3 rings (SSSR count). The van der Waals surface area contributed by atoms with Crippen molar-refractivity contribution in [3.63, 3.8) is 0 Å². The molecule has 0 saturated carbocycles. The van der Waals surface area contributed by atoms with E-state index in [2.05, 4.69) is 28.7 Å². The van der Waals surface area contributed by atoms with E-state index in [0.29, 0.717) is 24.3 Å². The van der Waals surface area contributed by atoms with E-state index < -0.39 is 0 Å². The number of carbonyl (C=O) groups excluding carboxylic acids is 2. The van der Waals surface area contributed by atoms with E-state index in [0.717, 1.165) is 38.2 Å². The summed E-state index contributed by atoms with van der Waals surface area (Å²) in [6.45, 7) is 8.28. The largest absolute Gasteiger partial charge is 0.348 e. The molecule has 1 aromatic rings. The summed E-state index contributed by atoms with van der Waals surface area (Å²) in [5.74, 6) is -0.210. The molecule has 6 heteroatoms. The summed E-state index contributed by atoms with van der Waals surface area (Å²) >= 11 is 0. The first-order valence-corrected chi connectivity index (χ1v) is 9.02. The lowest BCUT2D eigenvalue weighted by Crippen LogP contribution is -2.41. The number of hydrogen-bond acceptors (Lipinski definition) is 4. The highest BCUT2D eigenvalue weighted by molar-refractivity contribution is 6.06. The van der Waals surface area contributed by atoms with E-state index >= 15 is 0 Å². The number of para-hydroxylation sites is 1. The Bertz CT molecular complexity index is 728. The molecule has 0 aliphatic carbocycles. The van der Waals surface area contributed by atoms with Gasteiger partial charge in [0.15, 0.2) is 0 Å². The van der Waals surface area contributed by atoms with Crippen LogP contribution in [0.5, 0.6) is 0 Å². The van der Waals surface area contributed by atoms with Gasteiger partial charge in [0.25, 0.3) is 5.91 Å². The van der Waals surface area contributed by atoms with Crippen LogP contribution in [0.15, 0.2) is 48.7 Å². The molecule has 2 aliphatic heterocycles. The summed E-state index contributed by atoms with van der Waals surface area (Å²) in [4.78, 5) is 31.6. The highest BCUT2D eigenvalue weighted by atomic mass is 16.2. The van der Waals surface area contributed by atoms with E-state index in [9.17, 15) is 9.59 Å². The molecule has 0 aromatic heterocycles. The van der Waals surface area contributed by atoms with Crippen molar-refractivity contribution >= 4 is 17.5 Å². The lowest BCUT2D eigenvalue weighted by Gasteiger charge is -2.27. The van der Waals surface area contributed by atoms with Gasteiger partial charge in [-0.25, -0.2) is 0 Å². The fourth-order valence-corrected chi connectivity index (χ4v) is 3.29. The van der Waals surface area contributed by atoms with E-state index in [4.69, 9.17) is 0 Å². The average Bonchev–Trinajstić information content (AvgIpc) is 2.84. The van der Waals surface area contributed by atoms with Gasteiger partial charge in [0.1, 0.15) is 0 Å². The molecule has 6 nitrogen and oxygen atoms in total. The van der Waals surface area contributed by atoms with Crippen LogP contribution in [0.1, 0.15) is 16.8 Å². The van der Waals surface area contributed by atoms with Gasteiger partial charge in [-0.15, -0.1) is 0 Å². The SMILES string of the molecule is C=C/C1=C/N(C(=O)CN2CCCN(C)CC2)c2ccccc2C(=O)NC1. The van der Waals surface area contributed by atoms with Gasteiger partial charge in [0.2, 0.25) is 5.91 Å². The molecule has 1 fully saturated rings. The zero-order valence-corrected chi connectivity index (χ0v) is 15.3. The van der Waals surface area contributed by atoms with Crippen LogP contribution in [0.4, 0.5) is 5.69 Å². The average molecular weight is 354 g/mol. The van der Waals surface area contributed by atoms with Gasteiger partial charge in [-0.1, -0.05) is 24.8 Å². The smallest absolute Gasteiger partial charge is 0.253 e. The molecule has 26 heavy (non-hydrogen) atoms. The number of fused-ring (bicyclic) bond motifs is 1. The minimum Gasteiger partial charge on any atom is -0.348 e. The third kappa shape index (κ3) is 4.20. The number of benzene rings is 1. The Morgan fingerprint density at radius 3 is 2.85 bits per heavy atom. The zero-order valence-electron chi connectivity index (χ0n) is 15.3. The lowest BCUT2D eigenvalue weighted by atomic mass is 10.1. The van der Waals surface area contributed by atoms with Crippen LogP contribution in [0.2, 0.25) is 0 Å². The minimum atomic E-state index is -0.178. The Morgan fingerprint density at radius 2 is 2.04 bits per heavy atom. The Morgan fingerprint density at radius 1 is 1.23 bits per heavy atom. The maximum atomic E-state index is 13.1. The molecular formula is C20H26N4O2. The maximum Gasteiger partial charge on any atom is 0.253 e. The molecule has 1 saturated heterocycles. The number of anilines is 1. The maximum absolute atomic E-state index is 13.1. The number of amides is 2. The summed E-state index contributed by atoms with van der Waals surface area (Å²) in [6, 6.07) is 7.21. The monoisotopic (exact) mass is 354 g/mol. The molecule has 2 aliphatic rings. The van der Waals surface area contributed by atoms with Crippen molar-refractivity contribution in [2.45, 2.75) is 6.42 Å². The van der Waals surface area contributed by atoms with Crippen LogP contribution in [0.25, 0.3) is 0 Å². The highest BCUT2D eigenvalue weighted by Crippen LogP contribution is 2.24. The van der Waals surface area contributed by atoms with Crippen LogP contribution in [-0.4, -0.2) is 67.9 Å². The van der Waals surface area contributed by atoms with E-state index in [-0.39, 0.29) is 11.8 Å². The third-order valence-corrected chi connectivity index (χ3v) is 4.86. The van der Waals surface area contributed by atoms with Gasteiger partial charge in [-0.05, 0) is 44.3 Å². The Hall–Kier alpha value is -2.44. The first-order chi connectivity index (χ1) is 12.6. The van der Waals surface area contributed by atoms with Crippen molar-refractivity contribution in [3.05, 3.63) is 54.3 Å². The molecule has 2 heterocycles. The van der Waals surface area contributed by atoms with Crippen molar-refractivity contribution in [1.82, 2.24) is 15.1 Å². The molecule has 0 spiro atoms. The summed E-state index contributed by atoms with van der Waals surface area (Å²) in [7, 11) is 2.11. The Balaban J connectivity index is 1.87. The predicted octanol–water partition coefficient (Wildman–Crippen LogP) is 1.47. The molecule has 0 unspecified atom stereocenters. The normalized spacial score (nSPS) is 21.5. The van der Waals surface area contributed by atoms with E-state index in [1.165, 1.54) is 0 Å². The molecule has 1 N–H and O–H groups in total. The number of nitrogens with one attached hydrogen (secondary N) is 1. The topological polar surface area (TPSA) is 55.9 Å². The van der Waals surface area contributed by atoms with Crippen LogP contribution < -0.4 is 10.2 Å². The third-order valence-electron chi connectivity index (χ3n) is 4.86. The fraction of sp³-hybridized carbons (Fsp3) is 0.400. The van der Waals surface area contributed by atoms with Crippen molar-refractivity contribution in [2.75, 3.05) is 51.2 Å². The number of hydrogen-bond donors (Lipinski definition) is 1.